The summed E-state index contributed by atoms with van der Waals surface area (Å²) in [4.78, 5) is 18.8. The zero-order chi connectivity index (χ0) is 18.8. The first-order chi connectivity index (χ1) is 13.1. The van der Waals surface area contributed by atoms with Gasteiger partial charge in [0.25, 0.3) is 0 Å². The first kappa shape index (κ1) is 17.3. The van der Waals surface area contributed by atoms with Gasteiger partial charge in [-0.15, -0.1) is 0 Å². The molecule has 0 radical (unpaired) electrons. The Morgan fingerprint density at radius 2 is 1.96 bits per heavy atom. The summed E-state index contributed by atoms with van der Waals surface area (Å²) in [5.74, 6) is -0.0926. The summed E-state index contributed by atoms with van der Waals surface area (Å²) in [5.41, 5.74) is 1.27. The molecule has 1 amide bonds. The number of carbonyl (C=O) groups excluding carboxylic acids is 1. The van der Waals surface area contributed by atoms with Gasteiger partial charge in [-0.05, 0) is 54.8 Å². The van der Waals surface area contributed by atoms with Crippen LogP contribution >= 0.6 is 0 Å². The standard InChI is InChI=1S/C20H17F2N3O2/c21-15-8-6-14(7-9-15)19-23-20(27-24-19)17-5-2-10-25(17)18(26)12-13-3-1-4-16(22)11-13/h1,3-4,6-9,11,17H,2,5,10,12H2/t17-/m0/s1. The Hall–Kier alpha value is -3.09. The largest absolute Gasteiger partial charge is 0.337 e. The van der Waals surface area contributed by atoms with Crippen LogP contribution in [0.1, 0.15) is 30.3 Å². The Bertz CT molecular complexity index is 956. The van der Waals surface area contributed by atoms with Gasteiger partial charge in [-0.1, -0.05) is 17.3 Å². The Kier molecular flexibility index (Phi) is 4.66. The van der Waals surface area contributed by atoms with Crippen LogP contribution in [0.4, 0.5) is 8.78 Å². The van der Waals surface area contributed by atoms with Crippen LogP contribution in [0.15, 0.2) is 53.1 Å². The van der Waals surface area contributed by atoms with Crippen LogP contribution in [-0.4, -0.2) is 27.5 Å². The second-order valence-electron chi connectivity index (χ2n) is 6.51. The van der Waals surface area contributed by atoms with Gasteiger partial charge in [0.05, 0.1) is 6.42 Å². The molecular formula is C20H17F2N3O2. The van der Waals surface area contributed by atoms with Crippen LogP contribution in [0, 0.1) is 11.6 Å². The lowest BCUT2D eigenvalue weighted by Gasteiger charge is -2.21. The molecule has 3 aromatic rings. The average Bonchev–Trinajstić information content (AvgIpc) is 3.31. The van der Waals surface area contributed by atoms with E-state index in [1.54, 1.807) is 29.2 Å². The number of rotatable bonds is 4. The fourth-order valence-corrected chi connectivity index (χ4v) is 3.33. The number of amides is 1. The first-order valence-electron chi connectivity index (χ1n) is 8.73. The fraction of sp³-hybridized carbons (Fsp3) is 0.250. The van der Waals surface area contributed by atoms with Gasteiger partial charge in [-0.25, -0.2) is 8.78 Å². The summed E-state index contributed by atoms with van der Waals surface area (Å²) in [5, 5.41) is 3.95. The molecule has 7 heteroatoms. The van der Waals surface area contributed by atoms with Crippen LogP contribution in [-0.2, 0) is 11.2 Å². The van der Waals surface area contributed by atoms with Crippen LogP contribution < -0.4 is 0 Å². The maximum Gasteiger partial charge on any atom is 0.249 e. The number of aromatic nitrogens is 2. The highest BCUT2D eigenvalue weighted by molar-refractivity contribution is 5.79. The van der Waals surface area contributed by atoms with Crippen molar-refractivity contribution in [2.75, 3.05) is 6.54 Å². The van der Waals surface area contributed by atoms with Crippen LogP contribution in [0.2, 0.25) is 0 Å². The second-order valence-corrected chi connectivity index (χ2v) is 6.51. The van der Waals surface area contributed by atoms with Crippen molar-refractivity contribution in [3.63, 3.8) is 0 Å². The van der Waals surface area contributed by atoms with E-state index in [2.05, 4.69) is 10.1 Å². The van der Waals surface area contributed by atoms with Crippen LogP contribution in [0.3, 0.4) is 0 Å². The van der Waals surface area contributed by atoms with E-state index in [9.17, 15) is 13.6 Å². The van der Waals surface area contributed by atoms with Gasteiger partial charge in [-0.3, -0.25) is 4.79 Å². The highest BCUT2D eigenvalue weighted by Gasteiger charge is 2.34. The predicted molar refractivity (Wildman–Crippen MR) is 93.5 cm³/mol. The van der Waals surface area contributed by atoms with E-state index in [0.717, 1.165) is 12.8 Å². The third-order valence-corrected chi connectivity index (χ3v) is 4.65. The molecule has 0 aliphatic carbocycles. The molecule has 2 aromatic carbocycles. The normalized spacial score (nSPS) is 16.7. The van der Waals surface area contributed by atoms with E-state index in [0.29, 0.717) is 29.4 Å². The van der Waals surface area contributed by atoms with E-state index in [1.165, 1.54) is 24.3 Å². The Balaban J connectivity index is 1.51. The lowest BCUT2D eigenvalue weighted by molar-refractivity contribution is -0.131. The van der Waals surface area contributed by atoms with Crippen molar-refractivity contribution in [2.24, 2.45) is 0 Å². The Morgan fingerprint density at radius 1 is 1.15 bits per heavy atom. The topological polar surface area (TPSA) is 59.2 Å². The minimum atomic E-state index is -0.362. The monoisotopic (exact) mass is 369 g/mol. The number of halogens is 2. The third-order valence-electron chi connectivity index (χ3n) is 4.65. The second kappa shape index (κ2) is 7.26. The maximum absolute atomic E-state index is 13.3. The van der Waals surface area contributed by atoms with E-state index >= 15 is 0 Å². The lowest BCUT2D eigenvalue weighted by atomic mass is 10.1. The van der Waals surface area contributed by atoms with Gasteiger partial charge in [0.1, 0.15) is 17.7 Å². The summed E-state index contributed by atoms with van der Waals surface area (Å²) in [6.07, 6.45) is 1.67. The molecule has 2 heterocycles. The van der Waals surface area contributed by atoms with Crippen molar-refractivity contribution >= 4 is 5.91 Å². The quantitative estimate of drug-likeness (QED) is 0.699. The molecule has 0 saturated carbocycles. The summed E-state index contributed by atoms with van der Waals surface area (Å²) in [6, 6.07) is 11.5. The van der Waals surface area contributed by atoms with Gasteiger partial charge in [-0.2, -0.15) is 4.98 Å². The Morgan fingerprint density at radius 3 is 2.74 bits per heavy atom. The van der Waals surface area contributed by atoms with Crippen molar-refractivity contribution in [1.82, 2.24) is 15.0 Å². The van der Waals surface area contributed by atoms with Crippen molar-refractivity contribution in [2.45, 2.75) is 25.3 Å². The van der Waals surface area contributed by atoms with Gasteiger partial charge >= 0.3 is 0 Å². The number of carbonyl (C=O) groups is 1. The number of likely N-dealkylation sites (tertiary alicyclic amines) is 1. The van der Waals surface area contributed by atoms with Gasteiger partial charge in [0.15, 0.2) is 0 Å². The van der Waals surface area contributed by atoms with Crippen molar-refractivity contribution in [1.29, 1.82) is 0 Å². The van der Waals surface area contributed by atoms with E-state index in [4.69, 9.17) is 4.52 Å². The lowest BCUT2D eigenvalue weighted by Crippen LogP contribution is -2.32. The van der Waals surface area contributed by atoms with E-state index < -0.39 is 0 Å². The highest BCUT2D eigenvalue weighted by Crippen LogP contribution is 2.32. The molecule has 1 fully saturated rings. The van der Waals surface area contributed by atoms with Crippen molar-refractivity contribution in [3.05, 3.63) is 71.6 Å². The molecule has 0 unspecified atom stereocenters. The maximum atomic E-state index is 13.3. The molecule has 5 nitrogen and oxygen atoms in total. The van der Waals surface area contributed by atoms with Gasteiger partial charge in [0.2, 0.25) is 17.6 Å². The van der Waals surface area contributed by atoms with Gasteiger partial charge < -0.3 is 9.42 Å². The molecule has 1 aromatic heterocycles. The molecule has 4 rings (SSSR count). The minimum Gasteiger partial charge on any atom is -0.337 e. The summed E-state index contributed by atoms with van der Waals surface area (Å²) >= 11 is 0. The summed E-state index contributed by atoms with van der Waals surface area (Å²) < 4.78 is 31.8. The molecule has 0 N–H and O–H groups in total. The summed E-state index contributed by atoms with van der Waals surface area (Å²) in [7, 11) is 0. The Labute approximate surface area is 154 Å². The molecule has 138 valence electrons. The molecule has 1 aliphatic heterocycles. The highest BCUT2D eigenvalue weighted by atomic mass is 19.1. The van der Waals surface area contributed by atoms with Crippen LogP contribution in [0.25, 0.3) is 11.4 Å². The fourth-order valence-electron chi connectivity index (χ4n) is 3.33. The number of nitrogens with zero attached hydrogens (tertiary/aromatic N) is 3. The molecule has 0 bridgehead atoms. The predicted octanol–water partition coefficient (Wildman–Crippen LogP) is 3.92. The SMILES string of the molecule is O=C(Cc1cccc(F)c1)N1CCC[C@H]1c1nc(-c2ccc(F)cc2)no1. The van der Waals surface area contributed by atoms with Gasteiger partial charge in [0, 0.05) is 12.1 Å². The molecular weight excluding hydrogens is 352 g/mol. The zero-order valence-electron chi connectivity index (χ0n) is 14.4. The third kappa shape index (κ3) is 3.72. The first-order valence-corrected chi connectivity index (χ1v) is 8.73. The number of hydrogen-bond donors (Lipinski definition) is 0. The smallest absolute Gasteiger partial charge is 0.249 e. The molecule has 1 atom stereocenters. The minimum absolute atomic E-state index is 0.107. The van der Waals surface area contributed by atoms with E-state index in [1.807, 2.05) is 0 Å². The summed E-state index contributed by atoms with van der Waals surface area (Å²) in [6.45, 7) is 0.590. The van der Waals surface area contributed by atoms with Crippen molar-refractivity contribution < 1.29 is 18.1 Å². The van der Waals surface area contributed by atoms with Crippen LogP contribution in [0.5, 0.6) is 0 Å². The number of benzene rings is 2. The average molecular weight is 369 g/mol. The van der Waals surface area contributed by atoms with Crippen molar-refractivity contribution in [3.8, 4) is 11.4 Å². The zero-order valence-corrected chi connectivity index (χ0v) is 14.4. The van der Waals surface area contributed by atoms with E-state index in [-0.39, 0.29) is 30.0 Å². The molecule has 27 heavy (non-hydrogen) atoms. The number of hydrogen-bond acceptors (Lipinski definition) is 4. The molecule has 1 aliphatic rings. The molecule has 1 saturated heterocycles. The molecule has 0 spiro atoms.